The van der Waals surface area contributed by atoms with Gasteiger partial charge in [0.25, 0.3) is 0 Å². The second-order valence-corrected chi connectivity index (χ2v) is 3.99. The molecule has 6 heteroatoms. The van der Waals surface area contributed by atoms with E-state index in [4.69, 9.17) is 19.7 Å². The van der Waals surface area contributed by atoms with Gasteiger partial charge in [0.2, 0.25) is 11.2 Å². The average molecular weight is 200 g/mol. The fourth-order valence-corrected chi connectivity index (χ4v) is 2.40. The number of ether oxygens (including phenoxy) is 2. The average Bonchev–Trinajstić information content (AvgIpc) is 2.89. The van der Waals surface area contributed by atoms with Crippen LogP contribution in [0.4, 0.5) is 0 Å². The van der Waals surface area contributed by atoms with Crippen LogP contribution in [0, 0.1) is 0 Å². The summed E-state index contributed by atoms with van der Waals surface area (Å²) >= 11 is 0. The Bertz CT molecular complexity index is 320. The van der Waals surface area contributed by atoms with Crippen molar-refractivity contribution in [2.24, 2.45) is 0 Å². The van der Waals surface area contributed by atoms with Crippen LogP contribution in [0.1, 0.15) is 12.8 Å². The van der Waals surface area contributed by atoms with Gasteiger partial charge in [-0.05, 0) is 0 Å². The third-order valence-electron chi connectivity index (χ3n) is 3.32. The van der Waals surface area contributed by atoms with Gasteiger partial charge in [0, 0.05) is 12.8 Å². The Morgan fingerprint density at radius 3 is 1.86 bits per heavy atom. The summed E-state index contributed by atoms with van der Waals surface area (Å²) < 4.78 is 10.1. The third kappa shape index (κ3) is 0.665. The molecule has 2 saturated heterocycles. The largest absolute Gasteiger partial charge is 0.479 e. The van der Waals surface area contributed by atoms with Crippen LogP contribution in [0.2, 0.25) is 0 Å². The van der Waals surface area contributed by atoms with Crippen molar-refractivity contribution in [2.75, 3.05) is 0 Å². The molecule has 6 nitrogen and oxygen atoms in total. The van der Waals surface area contributed by atoms with Crippen molar-refractivity contribution in [3.8, 4) is 0 Å². The van der Waals surface area contributed by atoms with E-state index in [0.717, 1.165) is 0 Å². The minimum Gasteiger partial charge on any atom is -0.479 e. The highest BCUT2D eigenvalue weighted by Gasteiger charge is 2.85. The van der Waals surface area contributed by atoms with E-state index in [1.165, 1.54) is 0 Å². The molecule has 2 aliphatic heterocycles. The molecule has 3 rings (SSSR count). The predicted octanol–water partition coefficient (Wildman–Crippen LogP) is -0.775. The second kappa shape index (κ2) is 1.94. The summed E-state index contributed by atoms with van der Waals surface area (Å²) in [6.45, 7) is 0. The summed E-state index contributed by atoms with van der Waals surface area (Å²) in [6, 6.07) is 0. The summed E-state index contributed by atoms with van der Waals surface area (Å²) in [7, 11) is 0. The van der Waals surface area contributed by atoms with Crippen molar-refractivity contribution >= 4 is 11.9 Å². The van der Waals surface area contributed by atoms with Gasteiger partial charge < -0.3 is 19.7 Å². The van der Waals surface area contributed by atoms with Crippen molar-refractivity contribution in [3.05, 3.63) is 0 Å². The van der Waals surface area contributed by atoms with Crippen LogP contribution in [0.25, 0.3) is 0 Å². The lowest BCUT2D eigenvalue weighted by atomic mass is 9.79. The number of fused-ring (bicyclic) bond motifs is 2. The van der Waals surface area contributed by atoms with E-state index < -0.39 is 23.1 Å². The molecular weight excluding hydrogens is 192 g/mol. The van der Waals surface area contributed by atoms with Gasteiger partial charge in [0.15, 0.2) is 0 Å². The molecule has 1 saturated carbocycles. The number of epoxide rings is 2. The molecule has 1 aliphatic carbocycles. The molecule has 4 atom stereocenters. The van der Waals surface area contributed by atoms with Crippen molar-refractivity contribution in [3.63, 3.8) is 0 Å². The molecular formula is C8H8O6. The van der Waals surface area contributed by atoms with Crippen molar-refractivity contribution in [1.82, 2.24) is 0 Å². The first-order valence-corrected chi connectivity index (χ1v) is 4.34. The van der Waals surface area contributed by atoms with Crippen LogP contribution in [0.5, 0.6) is 0 Å². The highest BCUT2D eigenvalue weighted by Crippen LogP contribution is 2.62. The third-order valence-corrected chi connectivity index (χ3v) is 3.32. The zero-order valence-electron chi connectivity index (χ0n) is 7.10. The Balaban J connectivity index is 1.99. The van der Waals surface area contributed by atoms with Crippen molar-refractivity contribution in [2.45, 2.75) is 36.3 Å². The molecule has 0 bridgehead atoms. The fourth-order valence-electron chi connectivity index (χ4n) is 2.40. The molecule has 0 aromatic heterocycles. The predicted molar refractivity (Wildman–Crippen MR) is 39.7 cm³/mol. The van der Waals surface area contributed by atoms with Crippen LogP contribution < -0.4 is 0 Å². The van der Waals surface area contributed by atoms with Gasteiger partial charge in [-0.3, -0.25) is 0 Å². The van der Waals surface area contributed by atoms with E-state index in [1.807, 2.05) is 0 Å². The highest BCUT2D eigenvalue weighted by atomic mass is 16.7. The highest BCUT2D eigenvalue weighted by molar-refractivity contribution is 5.97. The Morgan fingerprint density at radius 2 is 1.50 bits per heavy atom. The molecule has 4 unspecified atom stereocenters. The van der Waals surface area contributed by atoms with E-state index >= 15 is 0 Å². The van der Waals surface area contributed by atoms with Gasteiger partial charge in [0.1, 0.15) is 0 Å². The lowest BCUT2D eigenvalue weighted by molar-refractivity contribution is -0.147. The zero-order chi connectivity index (χ0) is 10.1. The van der Waals surface area contributed by atoms with E-state index in [2.05, 4.69) is 0 Å². The molecule has 0 spiro atoms. The molecule has 14 heavy (non-hydrogen) atoms. The van der Waals surface area contributed by atoms with Gasteiger partial charge in [-0.2, -0.15) is 0 Å². The van der Waals surface area contributed by atoms with Crippen LogP contribution in [-0.2, 0) is 19.1 Å². The molecule has 0 aromatic rings. The molecule has 76 valence electrons. The van der Waals surface area contributed by atoms with Crippen LogP contribution in [-0.4, -0.2) is 45.6 Å². The number of hydrogen-bond donors (Lipinski definition) is 2. The summed E-state index contributed by atoms with van der Waals surface area (Å²) in [5.74, 6) is -2.40. The fraction of sp³-hybridized carbons (Fsp3) is 0.750. The number of carbonyl (C=O) groups is 2. The van der Waals surface area contributed by atoms with Crippen molar-refractivity contribution < 1.29 is 29.3 Å². The second-order valence-electron chi connectivity index (χ2n) is 3.99. The number of aliphatic carboxylic acids is 2. The first-order chi connectivity index (χ1) is 6.52. The Labute approximate surface area is 78.4 Å². The maximum absolute atomic E-state index is 10.9. The molecule has 2 N–H and O–H groups in total. The zero-order valence-corrected chi connectivity index (χ0v) is 7.10. The maximum atomic E-state index is 10.9. The van der Waals surface area contributed by atoms with Gasteiger partial charge >= 0.3 is 11.9 Å². The Hall–Kier alpha value is -1.14. The molecule has 3 fully saturated rings. The summed E-state index contributed by atoms with van der Waals surface area (Å²) in [4.78, 5) is 21.9. The molecule has 2 heterocycles. The summed E-state index contributed by atoms with van der Waals surface area (Å²) in [5.41, 5.74) is -3.06. The standard InChI is InChI=1S/C8H8O6/c9-5(10)7-1-3-4(13-3)2-8(7,14-7)6(11)12/h3-4H,1-2H2,(H,9,10)(H,11,12). The minimum atomic E-state index is -1.53. The summed E-state index contributed by atoms with van der Waals surface area (Å²) in [5, 5.41) is 17.9. The van der Waals surface area contributed by atoms with Gasteiger partial charge in [-0.1, -0.05) is 0 Å². The maximum Gasteiger partial charge on any atom is 0.339 e. The van der Waals surface area contributed by atoms with E-state index in [9.17, 15) is 9.59 Å². The molecule has 3 aliphatic rings. The number of hydrogen-bond acceptors (Lipinski definition) is 4. The molecule has 0 aromatic carbocycles. The van der Waals surface area contributed by atoms with Gasteiger partial charge in [-0.25, -0.2) is 9.59 Å². The van der Waals surface area contributed by atoms with Crippen molar-refractivity contribution in [1.29, 1.82) is 0 Å². The topological polar surface area (TPSA) is 99.7 Å². The monoisotopic (exact) mass is 200 g/mol. The van der Waals surface area contributed by atoms with Gasteiger partial charge in [-0.15, -0.1) is 0 Å². The van der Waals surface area contributed by atoms with Gasteiger partial charge in [0.05, 0.1) is 12.2 Å². The van der Waals surface area contributed by atoms with E-state index in [0.29, 0.717) is 0 Å². The van der Waals surface area contributed by atoms with E-state index in [-0.39, 0.29) is 25.0 Å². The number of carboxylic acids is 2. The Morgan fingerprint density at radius 1 is 1.07 bits per heavy atom. The van der Waals surface area contributed by atoms with Crippen LogP contribution >= 0.6 is 0 Å². The SMILES string of the molecule is O=C(O)C12CC3OC3CC1(C(=O)O)O2. The lowest BCUT2D eigenvalue weighted by Crippen LogP contribution is -2.44. The van der Waals surface area contributed by atoms with E-state index in [1.54, 1.807) is 0 Å². The Kier molecular flexibility index (Phi) is 1.13. The first-order valence-electron chi connectivity index (χ1n) is 4.34. The quantitative estimate of drug-likeness (QED) is 0.567. The first kappa shape index (κ1) is 8.19. The smallest absolute Gasteiger partial charge is 0.339 e. The van der Waals surface area contributed by atoms with Crippen LogP contribution in [0.15, 0.2) is 0 Å². The minimum absolute atomic E-state index is 0.124. The lowest BCUT2D eigenvalue weighted by Gasteiger charge is -2.14. The summed E-state index contributed by atoms with van der Waals surface area (Å²) in [6.07, 6.45) is 0.0562. The molecule has 0 amide bonds. The number of carboxylic acid groups (broad SMARTS) is 2. The normalized spacial score (nSPS) is 52.9. The number of rotatable bonds is 2. The molecule has 0 radical (unpaired) electrons. The van der Waals surface area contributed by atoms with Crippen LogP contribution in [0.3, 0.4) is 0 Å².